The number of aliphatic hydroxyl groups is 9. The zero-order chi connectivity index (χ0) is 84.7. The van der Waals surface area contributed by atoms with Crippen LogP contribution in [0.4, 0.5) is 0 Å². The Balaban J connectivity index is 1.93. The van der Waals surface area contributed by atoms with Crippen molar-refractivity contribution in [2.75, 3.05) is 26.4 Å². The average Bonchev–Trinajstić information content (AvgIpc) is 0.754. The molecule has 18 unspecified atom stereocenters. The van der Waals surface area contributed by atoms with E-state index in [1.807, 2.05) is 0 Å². The van der Waals surface area contributed by atoms with E-state index in [-0.39, 0.29) is 25.7 Å². The molecule has 3 rings (SSSR count). The van der Waals surface area contributed by atoms with E-state index in [4.69, 9.17) is 46.9 Å². The van der Waals surface area contributed by atoms with E-state index in [1.54, 1.807) is 0 Å². The van der Waals surface area contributed by atoms with Crippen molar-refractivity contribution in [2.45, 2.75) is 498 Å². The molecule has 1 aliphatic carbocycles. The van der Waals surface area contributed by atoms with E-state index in [0.29, 0.717) is 38.5 Å². The Hall–Kier alpha value is -3.05. The molecule has 3 aliphatic rings. The Morgan fingerprint density at radius 3 is 1.04 bits per heavy atom. The van der Waals surface area contributed by atoms with Gasteiger partial charge in [0.05, 0.1) is 13.2 Å². The minimum atomic E-state index is -5.81. The normalized spacial score (nSPS) is 25.2. The molecule has 18 atom stereocenters. The number of phosphoric ester groups is 1. The molecular formula is C90H165O25P. The Labute approximate surface area is 698 Å². The number of carbonyl (C=O) groups excluding carboxylic acids is 4. The highest BCUT2D eigenvalue weighted by atomic mass is 31.2. The third-order valence-corrected chi connectivity index (χ3v) is 23.7. The standard InChI is InChI=1S/C90H165O25P/c1-5-9-13-17-21-25-29-33-35-37-41-44-48-52-56-60-64-75(94)109-70(67-106-73(92)62-58-54-50-46-42-38-31-27-23-19-15-11-7-3)68-108-116(104,105)115-88-86(113-89-83(102)79(98)77(96)71(66-91)110-89)82(101)81(100)85(112-76(95)65-61-57-53-49-45-40-36-34-30-26-22-18-14-10-6-2)87(88)114-90-84(103)80(99)78(97)72(111-90)69-107-74(93)63-59-55-51-47-43-39-32-28-24-20-16-12-8-4/h26,30,39,43,70-72,77-91,96-103H,5-25,27-29,31-38,40-42,44-69H2,1-4H3,(H,104,105)/b30-26-,43-39-. The first-order valence-electron chi connectivity index (χ1n) is 46.6. The first-order chi connectivity index (χ1) is 56.2. The van der Waals surface area contributed by atoms with Gasteiger partial charge in [-0.25, -0.2) is 4.57 Å². The molecule has 2 saturated heterocycles. The highest BCUT2D eigenvalue weighted by Gasteiger charge is 2.60. The summed E-state index contributed by atoms with van der Waals surface area (Å²) in [4.78, 5) is 66.4. The molecule has 0 aromatic rings. The van der Waals surface area contributed by atoms with Gasteiger partial charge in [0.15, 0.2) is 24.8 Å². The van der Waals surface area contributed by atoms with E-state index in [0.717, 1.165) is 135 Å². The molecule has 116 heavy (non-hydrogen) atoms. The second-order valence-corrected chi connectivity index (χ2v) is 34.6. The number of esters is 4. The van der Waals surface area contributed by atoms with Crippen LogP contribution in [0, 0.1) is 0 Å². The zero-order valence-electron chi connectivity index (χ0n) is 72.3. The number of hydrogen-bond acceptors (Lipinski definition) is 24. The van der Waals surface area contributed by atoms with Gasteiger partial charge in [0.2, 0.25) is 0 Å². The number of hydrogen-bond donors (Lipinski definition) is 10. The van der Waals surface area contributed by atoms with E-state index in [2.05, 4.69) is 52.0 Å². The van der Waals surface area contributed by atoms with Crippen LogP contribution < -0.4 is 0 Å². The fourth-order valence-electron chi connectivity index (χ4n) is 15.2. The summed E-state index contributed by atoms with van der Waals surface area (Å²) in [6.07, 6.45) is 28.9. The van der Waals surface area contributed by atoms with Crippen molar-refractivity contribution in [3.63, 3.8) is 0 Å². The van der Waals surface area contributed by atoms with Crippen LogP contribution in [0.15, 0.2) is 24.3 Å². The number of rotatable bonds is 75. The molecule has 26 heteroatoms. The summed E-state index contributed by atoms with van der Waals surface area (Å²) in [5, 5.41) is 102. The zero-order valence-corrected chi connectivity index (χ0v) is 73.2. The lowest BCUT2D eigenvalue weighted by Gasteiger charge is -2.50. The summed E-state index contributed by atoms with van der Waals surface area (Å²) >= 11 is 0. The minimum Gasteiger partial charge on any atom is -0.463 e. The van der Waals surface area contributed by atoms with Crippen LogP contribution in [-0.4, -0.2) is 205 Å². The highest BCUT2D eigenvalue weighted by Crippen LogP contribution is 2.49. The topological polar surface area (TPSA) is 380 Å². The van der Waals surface area contributed by atoms with Gasteiger partial charge in [-0.1, -0.05) is 315 Å². The van der Waals surface area contributed by atoms with Crippen molar-refractivity contribution < 1.29 is 122 Å². The van der Waals surface area contributed by atoms with Gasteiger partial charge in [-0.05, 0) is 77.0 Å². The van der Waals surface area contributed by atoms with E-state index in [9.17, 15) is 74.6 Å². The first-order valence-corrected chi connectivity index (χ1v) is 48.1. The maximum absolute atomic E-state index is 14.9. The van der Waals surface area contributed by atoms with E-state index in [1.165, 1.54) is 167 Å². The summed E-state index contributed by atoms with van der Waals surface area (Å²) < 4.78 is 73.4. The SMILES string of the molecule is CCCCCC/C=C\CCCCCCCCCC(=O)OC1C(O)C(O)C(OC2OC(CO)C(O)C(O)C2O)C(OP(=O)(O)OCC(COC(=O)CCCCCCCCCCCCCCC)OC(=O)CCCCCCCCCCCCCCCCCC)C1OC1OC(COC(=O)CCCCC/C=C\CCCCCCCC)C(O)C(O)C1O. The van der Waals surface area contributed by atoms with Gasteiger partial charge in [0.1, 0.15) is 92.6 Å². The van der Waals surface area contributed by atoms with E-state index >= 15 is 0 Å². The quantitative estimate of drug-likeness (QED) is 0.00889. The van der Waals surface area contributed by atoms with Crippen LogP contribution in [0.1, 0.15) is 394 Å². The first kappa shape index (κ1) is 107. The molecule has 0 spiro atoms. The molecule has 0 bridgehead atoms. The molecule has 0 radical (unpaired) electrons. The van der Waals surface area contributed by atoms with Crippen LogP contribution in [0.2, 0.25) is 0 Å². The van der Waals surface area contributed by atoms with Crippen molar-refractivity contribution in [3.05, 3.63) is 24.3 Å². The van der Waals surface area contributed by atoms with Crippen molar-refractivity contribution in [1.29, 1.82) is 0 Å². The second kappa shape index (κ2) is 69.4. The number of ether oxygens (including phenoxy) is 8. The highest BCUT2D eigenvalue weighted by molar-refractivity contribution is 7.47. The fourth-order valence-corrected chi connectivity index (χ4v) is 16.2. The smallest absolute Gasteiger partial charge is 0.463 e. The van der Waals surface area contributed by atoms with Crippen molar-refractivity contribution in [1.82, 2.24) is 0 Å². The van der Waals surface area contributed by atoms with Crippen LogP contribution in [0.5, 0.6) is 0 Å². The molecule has 3 fully saturated rings. The molecular weight excluding hydrogens is 1510 g/mol. The number of carbonyl (C=O) groups is 4. The monoisotopic (exact) mass is 1680 g/mol. The molecule has 0 aromatic heterocycles. The van der Waals surface area contributed by atoms with Crippen LogP contribution in [0.25, 0.3) is 0 Å². The Kier molecular flexibility index (Phi) is 64.1. The molecule has 10 N–H and O–H groups in total. The average molecular weight is 1680 g/mol. The van der Waals surface area contributed by atoms with Gasteiger partial charge in [-0.2, -0.15) is 0 Å². The fraction of sp³-hybridized carbons (Fsp3) is 0.911. The lowest BCUT2D eigenvalue weighted by Crippen LogP contribution is -2.70. The molecule has 680 valence electrons. The second-order valence-electron chi connectivity index (χ2n) is 33.2. The summed E-state index contributed by atoms with van der Waals surface area (Å²) in [5.41, 5.74) is 0. The van der Waals surface area contributed by atoms with Gasteiger partial charge in [0.25, 0.3) is 0 Å². The van der Waals surface area contributed by atoms with Crippen molar-refractivity contribution >= 4 is 31.7 Å². The third kappa shape index (κ3) is 49.3. The summed E-state index contributed by atoms with van der Waals surface area (Å²) in [5.74, 6) is -2.98. The Bertz CT molecular complexity index is 2510. The molecule has 0 aromatic carbocycles. The van der Waals surface area contributed by atoms with Crippen molar-refractivity contribution in [2.24, 2.45) is 0 Å². The predicted molar refractivity (Wildman–Crippen MR) is 449 cm³/mol. The lowest BCUT2D eigenvalue weighted by molar-refractivity contribution is -0.360. The molecule has 2 aliphatic heterocycles. The number of allylic oxidation sites excluding steroid dienone is 4. The number of aliphatic hydroxyl groups excluding tert-OH is 9. The van der Waals surface area contributed by atoms with Crippen LogP contribution >= 0.6 is 7.82 Å². The Morgan fingerprint density at radius 2 is 0.647 bits per heavy atom. The maximum Gasteiger partial charge on any atom is 0.472 e. The summed E-state index contributed by atoms with van der Waals surface area (Å²) in [6, 6.07) is 0. The van der Waals surface area contributed by atoms with Gasteiger partial charge in [-0.15, -0.1) is 0 Å². The molecule has 1 saturated carbocycles. The number of phosphoric acid groups is 1. The minimum absolute atomic E-state index is 0.00622. The van der Waals surface area contributed by atoms with Crippen molar-refractivity contribution in [3.8, 4) is 0 Å². The molecule has 2 heterocycles. The largest absolute Gasteiger partial charge is 0.472 e. The van der Waals surface area contributed by atoms with Crippen LogP contribution in [0.3, 0.4) is 0 Å². The number of unbranched alkanes of at least 4 members (excludes halogenated alkanes) is 47. The predicted octanol–water partition coefficient (Wildman–Crippen LogP) is 16.9. The molecule has 25 nitrogen and oxygen atoms in total. The van der Waals surface area contributed by atoms with Crippen LogP contribution in [-0.2, 0) is 70.7 Å². The maximum atomic E-state index is 14.9. The van der Waals surface area contributed by atoms with Gasteiger partial charge < -0.3 is 88.7 Å². The Morgan fingerprint density at radius 1 is 0.336 bits per heavy atom. The third-order valence-electron chi connectivity index (χ3n) is 22.7. The lowest BCUT2D eigenvalue weighted by atomic mass is 9.84. The molecule has 0 amide bonds. The van der Waals surface area contributed by atoms with E-state index < -0.39 is 162 Å². The van der Waals surface area contributed by atoms with Gasteiger partial charge >= 0.3 is 31.7 Å². The summed E-state index contributed by atoms with van der Waals surface area (Å²) in [7, 11) is -5.81. The van der Waals surface area contributed by atoms with Gasteiger partial charge in [0, 0.05) is 25.7 Å². The summed E-state index contributed by atoms with van der Waals surface area (Å²) in [6.45, 7) is 5.57. The van der Waals surface area contributed by atoms with Gasteiger partial charge in [-0.3, -0.25) is 28.2 Å².